The highest BCUT2D eigenvalue weighted by Gasteiger charge is 2.31. The van der Waals surface area contributed by atoms with Crippen molar-refractivity contribution in [1.82, 2.24) is 14.5 Å². The third-order valence-corrected chi connectivity index (χ3v) is 4.85. The predicted octanol–water partition coefficient (Wildman–Crippen LogP) is 2.57. The van der Waals surface area contributed by atoms with Crippen molar-refractivity contribution < 1.29 is 18.0 Å². The van der Waals surface area contributed by atoms with E-state index in [-0.39, 0.29) is 28.2 Å². The Bertz CT molecular complexity index is 988. The topological polar surface area (TPSA) is 111 Å². The molecule has 2 aromatic rings. The van der Waals surface area contributed by atoms with Crippen LogP contribution in [0.25, 0.3) is 0 Å². The third-order valence-electron chi connectivity index (χ3n) is 3.44. The highest BCUT2D eigenvalue weighted by atomic mass is 35.5. The van der Waals surface area contributed by atoms with Gasteiger partial charge in [-0.25, -0.2) is 9.78 Å². The van der Waals surface area contributed by atoms with Crippen molar-refractivity contribution in [2.24, 2.45) is 0 Å². The Morgan fingerprint density at radius 2 is 2.07 bits per heavy atom. The number of aromatic nitrogens is 3. The molecule has 0 bridgehead atoms. The number of H-pyrrole nitrogens is 1. The molecule has 3 N–H and O–H groups in total. The molecule has 0 fully saturated rings. The first-order valence-electron chi connectivity index (χ1n) is 7.57. The summed E-state index contributed by atoms with van der Waals surface area (Å²) in [6.07, 6.45) is -3.45. The fraction of sp³-hybridized carbons (Fsp3) is 0.333. The quantitative estimate of drug-likeness (QED) is 0.546. The molecule has 0 atom stereocenters. The number of nitrogen functional groups attached to an aromatic ring is 1. The van der Waals surface area contributed by atoms with E-state index in [0.717, 1.165) is 16.3 Å². The summed E-state index contributed by atoms with van der Waals surface area (Å²) >= 11 is 6.54. The normalized spacial score (nSPS) is 11.6. The van der Waals surface area contributed by atoms with Gasteiger partial charge in [-0.3, -0.25) is 19.1 Å². The number of ketones is 1. The van der Waals surface area contributed by atoms with Gasteiger partial charge in [0.15, 0.2) is 5.78 Å². The largest absolute Gasteiger partial charge is 0.417 e. The monoisotopic (exact) mass is 422 g/mol. The summed E-state index contributed by atoms with van der Waals surface area (Å²) in [6.45, 7) is 1.99. The summed E-state index contributed by atoms with van der Waals surface area (Å²) in [7, 11) is 0. The minimum atomic E-state index is -4.59. The Morgan fingerprint density at radius 1 is 1.41 bits per heavy atom. The lowest BCUT2D eigenvalue weighted by atomic mass is 10.2. The predicted molar refractivity (Wildman–Crippen MR) is 95.3 cm³/mol. The fourth-order valence-corrected chi connectivity index (χ4v) is 3.26. The molecular formula is C15H14ClF3N4O3S. The smallest absolute Gasteiger partial charge is 0.384 e. The van der Waals surface area contributed by atoms with E-state index in [0.29, 0.717) is 18.7 Å². The Balaban J connectivity index is 2.26. The number of alkyl halides is 3. The average Bonchev–Trinajstić information content (AvgIpc) is 2.56. The number of pyridine rings is 1. The van der Waals surface area contributed by atoms with Gasteiger partial charge in [0, 0.05) is 12.7 Å². The number of nitrogens with one attached hydrogen (secondary N) is 1. The van der Waals surface area contributed by atoms with Gasteiger partial charge in [0.2, 0.25) is 0 Å². The fourth-order valence-electron chi connectivity index (χ4n) is 2.20. The lowest BCUT2D eigenvalue weighted by Crippen LogP contribution is -2.36. The number of halogens is 4. The number of thioether (sulfide) groups is 1. The number of anilines is 1. The average molecular weight is 423 g/mol. The van der Waals surface area contributed by atoms with E-state index in [4.69, 9.17) is 17.3 Å². The lowest BCUT2D eigenvalue weighted by Gasteiger charge is -2.11. The third kappa shape index (κ3) is 4.72. The van der Waals surface area contributed by atoms with Crippen LogP contribution in [0.2, 0.25) is 5.02 Å². The summed E-state index contributed by atoms with van der Waals surface area (Å²) in [5, 5.41) is -0.282. The van der Waals surface area contributed by atoms with Crippen molar-refractivity contribution in [3.05, 3.63) is 49.3 Å². The maximum Gasteiger partial charge on any atom is 0.417 e. The molecule has 0 saturated heterocycles. The molecule has 27 heavy (non-hydrogen) atoms. The van der Waals surface area contributed by atoms with Crippen LogP contribution in [-0.2, 0) is 12.7 Å². The second kappa shape index (κ2) is 8.17. The SMILES string of the molecule is CCCn1c(N)c(C(=O)CSc2ncc(C(F)(F)F)cc2Cl)c(=O)[nH]c1=O. The molecule has 0 aliphatic carbocycles. The molecular weight excluding hydrogens is 409 g/mol. The van der Waals surface area contributed by atoms with Gasteiger partial charge < -0.3 is 5.73 Å². The van der Waals surface area contributed by atoms with Crippen molar-refractivity contribution in [2.75, 3.05) is 11.5 Å². The molecule has 2 rings (SSSR count). The molecule has 0 unspecified atom stereocenters. The molecule has 146 valence electrons. The van der Waals surface area contributed by atoms with Crippen molar-refractivity contribution in [2.45, 2.75) is 31.1 Å². The number of hydrogen-bond donors (Lipinski definition) is 2. The van der Waals surface area contributed by atoms with Gasteiger partial charge in [-0.1, -0.05) is 30.3 Å². The van der Waals surface area contributed by atoms with Gasteiger partial charge in [-0.05, 0) is 12.5 Å². The van der Waals surface area contributed by atoms with E-state index >= 15 is 0 Å². The van der Waals surface area contributed by atoms with E-state index in [1.165, 1.54) is 0 Å². The van der Waals surface area contributed by atoms with Crippen molar-refractivity contribution in [3.63, 3.8) is 0 Å². The zero-order chi connectivity index (χ0) is 20.4. The summed E-state index contributed by atoms with van der Waals surface area (Å²) in [5.74, 6) is -1.32. The first-order chi connectivity index (χ1) is 12.6. The number of hydrogen-bond acceptors (Lipinski definition) is 6. The second-order valence-electron chi connectivity index (χ2n) is 5.39. The van der Waals surface area contributed by atoms with Crippen LogP contribution in [0.1, 0.15) is 29.3 Å². The van der Waals surface area contributed by atoms with Gasteiger partial charge >= 0.3 is 11.9 Å². The van der Waals surface area contributed by atoms with Gasteiger partial charge in [0.25, 0.3) is 5.56 Å². The van der Waals surface area contributed by atoms with E-state index in [2.05, 4.69) is 4.98 Å². The number of nitrogens with two attached hydrogens (primary N) is 1. The molecule has 0 spiro atoms. The number of nitrogens with zero attached hydrogens (tertiary/aromatic N) is 2. The minimum absolute atomic E-state index is 0.00473. The Kier molecular flexibility index (Phi) is 6.37. The number of carbonyl (C=O) groups excluding carboxylic acids is 1. The van der Waals surface area contributed by atoms with Crippen molar-refractivity contribution in [3.8, 4) is 0 Å². The Hall–Kier alpha value is -2.27. The summed E-state index contributed by atoms with van der Waals surface area (Å²) in [5.41, 5.74) is 2.72. The summed E-state index contributed by atoms with van der Waals surface area (Å²) < 4.78 is 38.9. The van der Waals surface area contributed by atoms with E-state index < -0.39 is 34.3 Å². The zero-order valence-corrected chi connectivity index (χ0v) is 15.5. The van der Waals surface area contributed by atoms with Crippen LogP contribution < -0.4 is 17.0 Å². The molecule has 2 aromatic heterocycles. The summed E-state index contributed by atoms with van der Waals surface area (Å²) in [4.78, 5) is 41.7. The van der Waals surface area contributed by atoms with E-state index in [1.807, 2.05) is 4.98 Å². The number of aromatic amines is 1. The van der Waals surface area contributed by atoms with Gasteiger partial charge in [0.05, 0.1) is 16.3 Å². The molecule has 0 saturated carbocycles. The number of Topliss-reactive ketones (excluding diaryl/α,β-unsaturated/α-hetero) is 1. The molecule has 0 amide bonds. The highest BCUT2D eigenvalue weighted by Crippen LogP contribution is 2.33. The van der Waals surface area contributed by atoms with Gasteiger partial charge in [-0.15, -0.1) is 0 Å². The molecule has 12 heteroatoms. The van der Waals surface area contributed by atoms with Gasteiger partial charge in [0.1, 0.15) is 16.4 Å². The van der Waals surface area contributed by atoms with Crippen molar-refractivity contribution >= 4 is 35.0 Å². The van der Waals surface area contributed by atoms with Crippen LogP contribution in [0.3, 0.4) is 0 Å². The maximum absolute atomic E-state index is 12.6. The van der Waals surface area contributed by atoms with Crippen LogP contribution in [0.4, 0.5) is 19.0 Å². The molecule has 0 radical (unpaired) electrons. The Morgan fingerprint density at radius 3 is 2.63 bits per heavy atom. The van der Waals surface area contributed by atoms with Crippen LogP contribution in [0, 0.1) is 0 Å². The van der Waals surface area contributed by atoms with Crippen LogP contribution in [0.5, 0.6) is 0 Å². The first-order valence-corrected chi connectivity index (χ1v) is 8.94. The maximum atomic E-state index is 12.6. The highest BCUT2D eigenvalue weighted by molar-refractivity contribution is 8.00. The van der Waals surface area contributed by atoms with E-state index in [9.17, 15) is 27.6 Å². The zero-order valence-electron chi connectivity index (χ0n) is 13.9. The van der Waals surface area contributed by atoms with Crippen LogP contribution >= 0.6 is 23.4 Å². The molecule has 0 aliphatic rings. The standard InChI is InChI=1S/C15H14ClF3N4O3S/c1-2-3-23-11(20)10(12(25)22-14(23)26)9(24)6-27-13-8(16)4-7(5-21-13)15(17,18)19/h4-5H,2-3,6,20H2,1H3,(H,22,25,26). The lowest BCUT2D eigenvalue weighted by molar-refractivity contribution is -0.137. The van der Waals surface area contributed by atoms with Crippen LogP contribution in [0.15, 0.2) is 26.9 Å². The molecule has 7 nitrogen and oxygen atoms in total. The minimum Gasteiger partial charge on any atom is -0.384 e. The second-order valence-corrected chi connectivity index (χ2v) is 6.76. The van der Waals surface area contributed by atoms with Gasteiger partial charge in [-0.2, -0.15) is 13.2 Å². The van der Waals surface area contributed by atoms with E-state index in [1.54, 1.807) is 6.92 Å². The number of rotatable bonds is 6. The molecule has 0 aliphatic heterocycles. The Labute approximate surface area is 159 Å². The number of carbonyl (C=O) groups is 1. The molecule has 0 aromatic carbocycles. The van der Waals surface area contributed by atoms with Crippen molar-refractivity contribution in [1.29, 1.82) is 0 Å². The first kappa shape index (κ1) is 21.0. The molecule has 2 heterocycles. The summed E-state index contributed by atoms with van der Waals surface area (Å²) in [6, 6.07) is 0.698. The van der Waals surface area contributed by atoms with Crippen LogP contribution in [-0.4, -0.2) is 26.1 Å².